The zero-order chi connectivity index (χ0) is 17.0. The van der Waals surface area contributed by atoms with Gasteiger partial charge in [0, 0.05) is 12.6 Å². The Morgan fingerprint density at radius 2 is 1.78 bits per heavy atom. The highest BCUT2D eigenvalue weighted by Gasteiger charge is 2.21. The molecule has 2 rings (SSSR count). The Labute approximate surface area is 135 Å². The maximum atomic E-state index is 12.6. The fraction of sp³-hybridized carbons (Fsp3) is 0.188. The molecule has 0 bridgehead atoms. The molecule has 7 heteroatoms. The third-order valence-electron chi connectivity index (χ3n) is 3.41. The lowest BCUT2D eigenvalue weighted by atomic mass is 10.1. The van der Waals surface area contributed by atoms with Crippen LogP contribution in [0.25, 0.3) is 0 Å². The first-order valence-corrected chi connectivity index (χ1v) is 8.36. The Hall–Kier alpha value is -2.54. The van der Waals surface area contributed by atoms with Crippen molar-refractivity contribution in [2.75, 3.05) is 18.9 Å². The smallest absolute Gasteiger partial charge is 0.265 e. The molecule has 0 spiro atoms. The number of para-hydroxylation sites is 1. The zero-order valence-corrected chi connectivity index (χ0v) is 13.9. The van der Waals surface area contributed by atoms with Gasteiger partial charge in [-0.1, -0.05) is 18.2 Å². The first-order chi connectivity index (χ1) is 10.9. The average Bonchev–Trinajstić information content (AvgIpc) is 2.56. The number of ether oxygens (including phenoxy) is 1. The van der Waals surface area contributed by atoms with E-state index < -0.39 is 10.0 Å². The highest BCUT2D eigenvalue weighted by Crippen LogP contribution is 2.27. The van der Waals surface area contributed by atoms with Crippen molar-refractivity contribution in [3.63, 3.8) is 0 Å². The Kier molecular flexibility index (Phi) is 4.90. The number of anilines is 1. The molecule has 0 radical (unpaired) electrons. The van der Waals surface area contributed by atoms with Crippen LogP contribution in [0.1, 0.15) is 15.9 Å². The minimum Gasteiger partial charge on any atom is -0.495 e. The van der Waals surface area contributed by atoms with Gasteiger partial charge in [0.15, 0.2) is 0 Å². The van der Waals surface area contributed by atoms with E-state index in [9.17, 15) is 13.2 Å². The summed E-state index contributed by atoms with van der Waals surface area (Å²) in [6, 6.07) is 11.2. The second kappa shape index (κ2) is 6.70. The number of rotatable bonds is 5. The number of benzene rings is 2. The summed E-state index contributed by atoms with van der Waals surface area (Å²) in [5, 5.41) is 2.53. The van der Waals surface area contributed by atoms with Crippen LogP contribution in [-0.2, 0) is 10.0 Å². The van der Waals surface area contributed by atoms with Gasteiger partial charge in [0.1, 0.15) is 10.6 Å². The minimum absolute atomic E-state index is 0.0345. The van der Waals surface area contributed by atoms with Gasteiger partial charge in [-0.15, -0.1) is 0 Å². The van der Waals surface area contributed by atoms with Crippen molar-refractivity contribution >= 4 is 21.6 Å². The van der Waals surface area contributed by atoms with Gasteiger partial charge in [-0.3, -0.25) is 9.52 Å². The van der Waals surface area contributed by atoms with Gasteiger partial charge < -0.3 is 10.1 Å². The maximum Gasteiger partial charge on any atom is 0.265 e. The molecule has 0 aromatic heterocycles. The molecular formula is C16H18N2O4S. The minimum atomic E-state index is -3.83. The summed E-state index contributed by atoms with van der Waals surface area (Å²) >= 11 is 0. The van der Waals surface area contributed by atoms with Crippen LogP contribution in [0, 0.1) is 6.92 Å². The largest absolute Gasteiger partial charge is 0.495 e. The Balaban J connectivity index is 2.44. The molecule has 0 aliphatic heterocycles. The van der Waals surface area contributed by atoms with Gasteiger partial charge in [0.05, 0.1) is 12.8 Å². The van der Waals surface area contributed by atoms with Crippen molar-refractivity contribution in [1.29, 1.82) is 0 Å². The average molecular weight is 334 g/mol. The lowest BCUT2D eigenvalue weighted by Crippen LogP contribution is -2.20. The van der Waals surface area contributed by atoms with E-state index >= 15 is 0 Å². The Morgan fingerprint density at radius 1 is 1.09 bits per heavy atom. The monoisotopic (exact) mass is 334 g/mol. The van der Waals surface area contributed by atoms with Crippen LogP contribution in [0.4, 0.5) is 5.69 Å². The molecule has 0 saturated heterocycles. The molecule has 0 aliphatic rings. The van der Waals surface area contributed by atoms with Gasteiger partial charge in [-0.25, -0.2) is 8.42 Å². The van der Waals surface area contributed by atoms with Crippen molar-refractivity contribution in [3.05, 3.63) is 53.6 Å². The molecule has 122 valence electrons. The predicted molar refractivity (Wildman–Crippen MR) is 88.4 cm³/mol. The van der Waals surface area contributed by atoms with Crippen LogP contribution in [0.5, 0.6) is 5.75 Å². The van der Waals surface area contributed by atoms with E-state index in [4.69, 9.17) is 4.74 Å². The molecule has 0 saturated carbocycles. The van der Waals surface area contributed by atoms with Crippen LogP contribution in [0.3, 0.4) is 0 Å². The second-order valence-electron chi connectivity index (χ2n) is 4.81. The second-order valence-corrected chi connectivity index (χ2v) is 6.46. The lowest BCUT2D eigenvalue weighted by molar-refractivity contribution is 0.0962. The van der Waals surface area contributed by atoms with Gasteiger partial charge in [0.2, 0.25) is 0 Å². The summed E-state index contributed by atoms with van der Waals surface area (Å²) in [6.07, 6.45) is 0. The summed E-state index contributed by atoms with van der Waals surface area (Å²) in [5.74, 6) is -0.0269. The van der Waals surface area contributed by atoms with E-state index in [-0.39, 0.29) is 16.6 Å². The SMILES string of the molecule is CNC(=O)c1cccc(NS(=O)(=O)c2ccccc2OC)c1C. The quantitative estimate of drug-likeness (QED) is 0.877. The van der Waals surface area contributed by atoms with Crippen LogP contribution in [-0.4, -0.2) is 28.5 Å². The highest BCUT2D eigenvalue weighted by molar-refractivity contribution is 7.92. The number of carbonyl (C=O) groups excluding carboxylic acids is 1. The van der Waals surface area contributed by atoms with Crippen molar-refractivity contribution < 1.29 is 17.9 Å². The number of hydrogen-bond donors (Lipinski definition) is 2. The number of carbonyl (C=O) groups is 1. The number of amides is 1. The number of sulfonamides is 1. The van der Waals surface area contributed by atoms with Crippen LogP contribution < -0.4 is 14.8 Å². The molecule has 0 heterocycles. The van der Waals surface area contributed by atoms with Crippen LogP contribution >= 0.6 is 0 Å². The zero-order valence-electron chi connectivity index (χ0n) is 13.1. The summed E-state index contributed by atoms with van der Waals surface area (Å²) in [6.45, 7) is 1.69. The van der Waals surface area contributed by atoms with E-state index in [1.54, 1.807) is 43.3 Å². The van der Waals surface area contributed by atoms with Crippen molar-refractivity contribution in [3.8, 4) is 5.75 Å². The van der Waals surface area contributed by atoms with E-state index in [1.165, 1.54) is 20.2 Å². The van der Waals surface area contributed by atoms with Crippen LogP contribution in [0.2, 0.25) is 0 Å². The molecule has 1 amide bonds. The van der Waals surface area contributed by atoms with Crippen molar-refractivity contribution in [1.82, 2.24) is 5.32 Å². The Morgan fingerprint density at radius 3 is 2.43 bits per heavy atom. The molecule has 23 heavy (non-hydrogen) atoms. The Bertz CT molecular complexity index is 832. The summed E-state index contributed by atoms with van der Waals surface area (Å²) in [7, 11) is -0.905. The number of nitrogens with one attached hydrogen (secondary N) is 2. The summed E-state index contributed by atoms with van der Waals surface area (Å²) in [5.41, 5.74) is 1.30. The first kappa shape index (κ1) is 16.8. The number of hydrogen-bond acceptors (Lipinski definition) is 4. The third kappa shape index (κ3) is 3.45. The van der Waals surface area contributed by atoms with E-state index in [1.807, 2.05) is 0 Å². The standard InChI is InChI=1S/C16H18N2O4S/c1-11-12(16(19)17-2)7-6-8-13(11)18-23(20,21)15-10-5-4-9-14(15)22-3/h4-10,18H,1-3H3,(H,17,19). The molecule has 0 atom stereocenters. The van der Waals surface area contributed by atoms with E-state index in [0.29, 0.717) is 16.8 Å². The predicted octanol–water partition coefficient (Wildman–Crippen LogP) is 2.16. The number of methoxy groups -OCH3 is 1. The molecule has 2 aromatic rings. The highest BCUT2D eigenvalue weighted by atomic mass is 32.2. The topological polar surface area (TPSA) is 84.5 Å². The molecule has 2 N–H and O–H groups in total. The normalized spacial score (nSPS) is 10.9. The molecule has 6 nitrogen and oxygen atoms in total. The van der Waals surface area contributed by atoms with Gasteiger partial charge in [0.25, 0.3) is 15.9 Å². The van der Waals surface area contributed by atoms with Crippen molar-refractivity contribution in [2.45, 2.75) is 11.8 Å². The maximum absolute atomic E-state index is 12.6. The van der Waals surface area contributed by atoms with Gasteiger partial charge in [-0.2, -0.15) is 0 Å². The van der Waals surface area contributed by atoms with Gasteiger partial charge >= 0.3 is 0 Å². The van der Waals surface area contributed by atoms with E-state index in [2.05, 4.69) is 10.0 Å². The fourth-order valence-corrected chi connectivity index (χ4v) is 3.46. The molecule has 2 aromatic carbocycles. The molecule has 0 fully saturated rings. The molecule has 0 aliphatic carbocycles. The van der Waals surface area contributed by atoms with Crippen molar-refractivity contribution in [2.24, 2.45) is 0 Å². The van der Waals surface area contributed by atoms with Gasteiger partial charge in [-0.05, 0) is 36.8 Å². The van der Waals surface area contributed by atoms with E-state index in [0.717, 1.165) is 0 Å². The molecule has 0 unspecified atom stereocenters. The summed E-state index contributed by atoms with van der Waals surface area (Å²) in [4.78, 5) is 11.8. The molecular weight excluding hydrogens is 316 g/mol. The third-order valence-corrected chi connectivity index (χ3v) is 4.81. The summed E-state index contributed by atoms with van der Waals surface area (Å²) < 4.78 is 32.8. The van der Waals surface area contributed by atoms with Crippen LogP contribution in [0.15, 0.2) is 47.4 Å². The first-order valence-electron chi connectivity index (χ1n) is 6.88. The lowest BCUT2D eigenvalue weighted by Gasteiger charge is -2.14. The fourth-order valence-electron chi connectivity index (χ4n) is 2.17.